The lowest BCUT2D eigenvalue weighted by Gasteiger charge is -2.47. The second-order valence-electron chi connectivity index (χ2n) is 7.43. The van der Waals surface area contributed by atoms with Crippen LogP contribution in [0.25, 0.3) is 0 Å². The molecule has 3 aromatic carbocycles. The molecule has 0 bridgehead atoms. The van der Waals surface area contributed by atoms with Crippen molar-refractivity contribution in [2.45, 2.75) is 25.3 Å². The van der Waals surface area contributed by atoms with E-state index in [2.05, 4.69) is 24.3 Å². The summed E-state index contributed by atoms with van der Waals surface area (Å²) in [6.07, 6.45) is 2.79. The van der Waals surface area contributed by atoms with Gasteiger partial charge in [-0.1, -0.05) is 42.5 Å². The summed E-state index contributed by atoms with van der Waals surface area (Å²) in [7, 11) is 1.65. The van der Waals surface area contributed by atoms with E-state index in [-0.39, 0.29) is 23.6 Å². The molecule has 1 aliphatic heterocycles. The molecule has 0 aliphatic carbocycles. The Balaban J connectivity index is 1.54. The molecule has 0 saturated carbocycles. The van der Waals surface area contributed by atoms with Crippen LogP contribution in [0.3, 0.4) is 0 Å². The van der Waals surface area contributed by atoms with Gasteiger partial charge in [-0.25, -0.2) is 0 Å². The SMILES string of the molecule is COc1ccc([C@@H]2[C@@H](CCCc3ccccc3)C(=O)N2c2ccc(O)cc2)cc1. The summed E-state index contributed by atoms with van der Waals surface area (Å²) in [6, 6.07) is 25.2. The number of β-lactam (4-membered cyclic amide) rings is 1. The van der Waals surface area contributed by atoms with E-state index in [1.807, 2.05) is 35.2 Å². The number of anilines is 1. The Morgan fingerprint density at radius 1 is 0.931 bits per heavy atom. The molecular weight excluding hydrogens is 362 g/mol. The third-order valence-electron chi connectivity index (χ3n) is 5.62. The molecule has 0 aromatic heterocycles. The van der Waals surface area contributed by atoms with Gasteiger partial charge in [0.25, 0.3) is 0 Å². The number of phenols is 1. The van der Waals surface area contributed by atoms with Gasteiger partial charge in [0.1, 0.15) is 11.5 Å². The molecule has 1 heterocycles. The minimum Gasteiger partial charge on any atom is -0.508 e. The van der Waals surface area contributed by atoms with Crippen molar-refractivity contribution in [2.24, 2.45) is 5.92 Å². The second-order valence-corrected chi connectivity index (χ2v) is 7.43. The number of rotatable bonds is 7. The summed E-state index contributed by atoms with van der Waals surface area (Å²) in [4.78, 5) is 14.9. The molecule has 1 saturated heterocycles. The first-order chi connectivity index (χ1) is 14.2. The number of carbonyl (C=O) groups excluding carboxylic acids is 1. The summed E-state index contributed by atoms with van der Waals surface area (Å²) in [5, 5.41) is 9.59. The van der Waals surface area contributed by atoms with Crippen LogP contribution in [0.5, 0.6) is 11.5 Å². The Bertz CT molecular complexity index is 952. The molecule has 4 nitrogen and oxygen atoms in total. The summed E-state index contributed by atoms with van der Waals surface area (Å²) in [5.74, 6) is 1.10. The van der Waals surface area contributed by atoms with Crippen LogP contribution in [0, 0.1) is 5.92 Å². The number of aryl methyl sites for hydroxylation is 1. The largest absolute Gasteiger partial charge is 0.508 e. The number of hydrogen-bond acceptors (Lipinski definition) is 3. The lowest BCUT2D eigenvalue weighted by Crippen LogP contribution is -2.55. The molecule has 1 fully saturated rings. The third kappa shape index (κ3) is 3.97. The average Bonchev–Trinajstić information content (AvgIpc) is 2.77. The molecule has 4 heteroatoms. The first-order valence-electron chi connectivity index (χ1n) is 9.97. The molecule has 0 radical (unpaired) electrons. The van der Waals surface area contributed by atoms with E-state index >= 15 is 0 Å². The summed E-state index contributed by atoms with van der Waals surface area (Å²) in [5.41, 5.74) is 3.21. The molecule has 1 amide bonds. The van der Waals surface area contributed by atoms with Crippen LogP contribution in [0.2, 0.25) is 0 Å². The lowest BCUT2D eigenvalue weighted by atomic mass is 9.78. The third-order valence-corrected chi connectivity index (χ3v) is 5.62. The predicted molar refractivity (Wildman–Crippen MR) is 114 cm³/mol. The van der Waals surface area contributed by atoms with Gasteiger partial charge in [0, 0.05) is 5.69 Å². The highest BCUT2D eigenvalue weighted by molar-refractivity contribution is 6.03. The molecule has 1 aliphatic rings. The highest BCUT2D eigenvalue weighted by Gasteiger charge is 2.48. The van der Waals surface area contributed by atoms with Gasteiger partial charge in [-0.15, -0.1) is 0 Å². The van der Waals surface area contributed by atoms with Crippen molar-refractivity contribution in [2.75, 3.05) is 12.0 Å². The van der Waals surface area contributed by atoms with Gasteiger partial charge in [0.05, 0.1) is 19.1 Å². The highest BCUT2D eigenvalue weighted by Crippen LogP contribution is 2.46. The van der Waals surface area contributed by atoms with Gasteiger partial charge in [0.15, 0.2) is 0 Å². The number of benzene rings is 3. The monoisotopic (exact) mass is 387 g/mol. The van der Waals surface area contributed by atoms with Crippen LogP contribution in [-0.4, -0.2) is 18.1 Å². The van der Waals surface area contributed by atoms with Crippen LogP contribution in [0.1, 0.15) is 30.0 Å². The average molecular weight is 387 g/mol. The van der Waals surface area contributed by atoms with Gasteiger partial charge in [-0.05, 0) is 66.8 Å². The smallest absolute Gasteiger partial charge is 0.233 e. The molecule has 0 unspecified atom stereocenters. The number of carbonyl (C=O) groups is 1. The maximum absolute atomic E-state index is 13.0. The first kappa shape index (κ1) is 19.1. The molecular formula is C25H25NO3. The fraction of sp³-hybridized carbons (Fsp3) is 0.240. The topological polar surface area (TPSA) is 49.8 Å². The predicted octanol–water partition coefficient (Wildman–Crippen LogP) is 5.13. The number of nitrogens with zero attached hydrogens (tertiary/aromatic N) is 1. The van der Waals surface area contributed by atoms with Gasteiger partial charge >= 0.3 is 0 Å². The molecule has 0 spiro atoms. The number of aromatic hydroxyl groups is 1. The fourth-order valence-electron chi connectivity index (χ4n) is 4.08. The van der Waals surface area contributed by atoms with E-state index in [1.165, 1.54) is 5.56 Å². The Hall–Kier alpha value is -3.27. The Kier molecular flexibility index (Phi) is 5.52. The molecule has 3 aromatic rings. The minimum atomic E-state index is -0.0408. The number of phenolic OH excluding ortho intramolecular Hbond substituents is 1. The highest BCUT2D eigenvalue weighted by atomic mass is 16.5. The van der Waals surface area contributed by atoms with Crippen molar-refractivity contribution in [3.05, 3.63) is 90.0 Å². The first-order valence-corrected chi connectivity index (χ1v) is 9.97. The van der Waals surface area contributed by atoms with Gasteiger partial charge in [-0.3, -0.25) is 4.79 Å². The van der Waals surface area contributed by atoms with Gasteiger partial charge in [0.2, 0.25) is 5.91 Å². The fourth-order valence-corrected chi connectivity index (χ4v) is 4.08. The standard InChI is InChI=1S/C25H25NO3/c1-29-22-16-10-19(11-17-22)24-23(9-5-8-18-6-3-2-4-7-18)25(28)26(24)20-12-14-21(27)15-13-20/h2-4,6-7,10-17,23-24,27H,5,8-9H2,1H3/t23-,24-/m1/s1. The second kappa shape index (κ2) is 8.39. The van der Waals surface area contributed by atoms with E-state index in [0.717, 1.165) is 36.3 Å². The van der Waals surface area contributed by atoms with Crippen molar-refractivity contribution in [1.82, 2.24) is 0 Å². The normalized spacial score (nSPS) is 18.4. The van der Waals surface area contributed by atoms with Crippen molar-refractivity contribution < 1.29 is 14.6 Å². The number of hydrogen-bond donors (Lipinski definition) is 1. The number of ether oxygens (including phenoxy) is 1. The zero-order valence-corrected chi connectivity index (χ0v) is 16.5. The Morgan fingerprint density at radius 3 is 2.28 bits per heavy atom. The van der Waals surface area contributed by atoms with Crippen LogP contribution >= 0.6 is 0 Å². The lowest BCUT2D eigenvalue weighted by molar-refractivity contribution is -0.130. The van der Waals surface area contributed by atoms with Crippen LogP contribution in [0.4, 0.5) is 5.69 Å². The maximum Gasteiger partial charge on any atom is 0.233 e. The van der Waals surface area contributed by atoms with E-state index < -0.39 is 0 Å². The summed E-state index contributed by atoms with van der Waals surface area (Å²) < 4.78 is 5.28. The van der Waals surface area contributed by atoms with Crippen molar-refractivity contribution in [1.29, 1.82) is 0 Å². The van der Waals surface area contributed by atoms with Crippen molar-refractivity contribution in [3.8, 4) is 11.5 Å². The maximum atomic E-state index is 13.0. The molecule has 4 rings (SSSR count). The molecule has 1 N–H and O–H groups in total. The molecule has 2 atom stereocenters. The Labute approximate surface area is 171 Å². The van der Waals surface area contributed by atoms with E-state index in [0.29, 0.717) is 0 Å². The zero-order valence-electron chi connectivity index (χ0n) is 16.5. The molecule has 29 heavy (non-hydrogen) atoms. The molecule has 148 valence electrons. The quantitative estimate of drug-likeness (QED) is 0.572. The van der Waals surface area contributed by atoms with Crippen molar-refractivity contribution >= 4 is 11.6 Å². The van der Waals surface area contributed by atoms with E-state index in [9.17, 15) is 9.90 Å². The van der Waals surface area contributed by atoms with Gasteiger partial charge < -0.3 is 14.7 Å². The van der Waals surface area contributed by atoms with E-state index in [1.54, 1.807) is 31.4 Å². The van der Waals surface area contributed by atoms with E-state index in [4.69, 9.17) is 4.74 Å². The summed E-state index contributed by atoms with van der Waals surface area (Å²) in [6.45, 7) is 0. The summed E-state index contributed by atoms with van der Waals surface area (Å²) >= 11 is 0. The van der Waals surface area contributed by atoms with Crippen LogP contribution in [-0.2, 0) is 11.2 Å². The number of methoxy groups -OCH3 is 1. The van der Waals surface area contributed by atoms with Crippen LogP contribution < -0.4 is 9.64 Å². The van der Waals surface area contributed by atoms with Crippen LogP contribution in [0.15, 0.2) is 78.9 Å². The Morgan fingerprint density at radius 2 is 1.62 bits per heavy atom. The van der Waals surface area contributed by atoms with Crippen molar-refractivity contribution in [3.63, 3.8) is 0 Å². The zero-order chi connectivity index (χ0) is 20.2. The number of amides is 1. The minimum absolute atomic E-state index is 0.00581. The van der Waals surface area contributed by atoms with Gasteiger partial charge in [-0.2, -0.15) is 0 Å².